The molecule has 0 saturated carbocycles. The van der Waals surface area contributed by atoms with Gasteiger partial charge in [0.1, 0.15) is 22.8 Å². The lowest BCUT2D eigenvalue weighted by Crippen LogP contribution is -3.00. The predicted molar refractivity (Wildman–Crippen MR) is 500 cm³/mol. The summed E-state index contributed by atoms with van der Waals surface area (Å²) >= 11 is 6.60. The van der Waals surface area contributed by atoms with Crippen LogP contribution < -0.4 is 43.1 Å². The zero-order valence-electron chi connectivity index (χ0n) is 72.4. The standard InChI is InChI=1S/2C34H39N2O2.C13H10N2O2.C12H11Br.C11H6N2O2.C2H5Br.2BrH/c2*1-2-3-4-5-6-7-8-9-14-22-35-25-36(23-21-26-19-20-27-15-10-11-16-28(27)24-26)32-31(35)33(37)29-17-12-13-18-30(29)34(32)38;1-2-15-7-14-10-11(15)13(17)9-6-4-3-5-8(9)12(10)16;13-8-7-10-5-6-11-3-1-2-4-12(11)9-10;14-10-6-3-1-2-4-7(6)11(15)9-8(10)12-5-13-9;1-2-3;;/h2*10-13,15-20,24-25H,2-9,14,21-23H2,1H3;3-7H,2H2,1H3;1-6,9H,7-8H2;1-5H,(H,12,13);2H2,1H3;2*1H/q2*+1;;;;;;/p-2. The Kier molecular flexibility index (Phi) is 36.2. The van der Waals surface area contributed by atoms with E-state index >= 15 is 0 Å². The lowest BCUT2D eigenvalue weighted by atomic mass is 9.90. The first kappa shape index (κ1) is 95.7. The smallest absolute Gasteiger partial charge is 0.244 e. The summed E-state index contributed by atoms with van der Waals surface area (Å²) in [5.41, 5.74) is 11.2. The third kappa shape index (κ3) is 22.9. The third-order valence-corrected chi connectivity index (χ3v) is 23.9. The van der Waals surface area contributed by atoms with Crippen LogP contribution in [-0.4, -0.2) is 85.6 Å². The molecule has 0 radical (unpaired) electrons. The molecule has 20 heteroatoms. The number of hydrogen-bond donors (Lipinski definition) is 1. The van der Waals surface area contributed by atoms with Crippen molar-refractivity contribution in [3.63, 3.8) is 0 Å². The fourth-order valence-electron chi connectivity index (χ4n) is 16.9. The van der Waals surface area contributed by atoms with Crippen molar-refractivity contribution < 1.29 is 81.5 Å². The first-order valence-corrected chi connectivity index (χ1v) is 46.5. The molecule has 126 heavy (non-hydrogen) atoms. The van der Waals surface area contributed by atoms with Crippen molar-refractivity contribution in [2.45, 2.75) is 195 Å². The molecule has 4 aromatic heterocycles. The van der Waals surface area contributed by atoms with E-state index in [1.54, 1.807) is 83.7 Å². The van der Waals surface area contributed by atoms with Gasteiger partial charge in [-0.25, -0.2) is 28.2 Å². The highest BCUT2D eigenvalue weighted by molar-refractivity contribution is 9.09. The number of fused-ring (bicyclic) bond motifs is 11. The van der Waals surface area contributed by atoms with Gasteiger partial charge in [0.15, 0.2) is 0 Å². The second kappa shape index (κ2) is 47.6. The predicted octanol–water partition coefficient (Wildman–Crippen LogP) is 17.0. The Morgan fingerprint density at radius 2 is 0.627 bits per heavy atom. The van der Waals surface area contributed by atoms with Crippen LogP contribution in [-0.2, 0) is 52.0 Å². The molecule has 0 amide bonds. The Morgan fingerprint density at radius 3 is 0.992 bits per heavy atom. The molecule has 0 aliphatic heterocycles. The maximum Gasteiger partial charge on any atom is 0.244 e. The number of hydrogen-bond acceptors (Lipinski definition) is 10. The van der Waals surface area contributed by atoms with Crippen LogP contribution in [0.25, 0.3) is 32.3 Å². The summed E-state index contributed by atoms with van der Waals surface area (Å²) in [5, 5.41) is 9.65. The van der Waals surface area contributed by atoms with Crippen LogP contribution in [0.1, 0.15) is 288 Å². The molecule has 0 spiro atoms. The quantitative estimate of drug-likeness (QED) is 0.0267. The summed E-state index contributed by atoms with van der Waals surface area (Å²) in [4.78, 5) is 113. The molecule has 0 bridgehead atoms. The van der Waals surface area contributed by atoms with E-state index < -0.39 is 0 Å². The average molecular weight is 1940 g/mol. The monoisotopic (exact) mass is 1940 g/mol. The van der Waals surface area contributed by atoms with E-state index in [-0.39, 0.29) is 91.6 Å². The number of imidazole rings is 4. The van der Waals surface area contributed by atoms with Crippen molar-refractivity contribution in [1.82, 2.24) is 28.7 Å². The van der Waals surface area contributed by atoms with Gasteiger partial charge in [-0.15, -0.1) is 0 Å². The van der Waals surface area contributed by atoms with E-state index in [1.807, 2.05) is 69.0 Å². The topological polar surface area (TPSA) is 201 Å². The zero-order valence-corrected chi connectivity index (χ0v) is 78.7. The molecule has 18 rings (SSSR count). The molecule has 0 atom stereocenters. The number of aryl methyl sites for hydroxylation is 8. The molecule has 4 heterocycles. The van der Waals surface area contributed by atoms with Crippen molar-refractivity contribution in [2.75, 3.05) is 10.7 Å². The Labute approximate surface area is 776 Å². The number of nitrogens with one attached hydrogen (secondary N) is 1. The molecule has 14 aromatic rings. The van der Waals surface area contributed by atoms with E-state index in [1.165, 1.54) is 145 Å². The van der Waals surface area contributed by atoms with Crippen LogP contribution in [0.4, 0.5) is 0 Å². The molecule has 16 nitrogen and oxygen atoms in total. The normalized spacial score (nSPS) is 12.3. The first-order chi connectivity index (χ1) is 60.7. The lowest BCUT2D eigenvalue weighted by molar-refractivity contribution is -0.698. The molecule has 10 aromatic carbocycles. The Bertz CT molecular complexity index is 5900. The summed E-state index contributed by atoms with van der Waals surface area (Å²) in [5.74, 6) is -0.790. The zero-order chi connectivity index (χ0) is 86.9. The number of alkyl halides is 2. The van der Waals surface area contributed by atoms with Gasteiger partial charge in [0.25, 0.3) is 0 Å². The minimum Gasteiger partial charge on any atom is -1.00 e. The number of unbranched alkanes of at least 4 members (excludes halogenated alkanes) is 16. The fraction of sp³-hybridized carbons (Fsp3) is 0.302. The minimum atomic E-state index is -0.193. The number of aromatic amines is 1. The van der Waals surface area contributed by atoms with Crippen LogP contribution >= 0.6 is 31.9 Å². The summed E-state index contributed by atoms with van der Waals surface area (Å²) in [6.07, 6.45) is 32.3. The van der Waals surface area contributed by atoms with E-state index in [0.29, 0.717) is 98.3 Å². The van der Waals surface area contributed by atoms with Gasteiger partial charge >= 0.3 is 0 Å². The highest BCUT2D eigenvalue weighted by Gasteiger charge is 2.43. The van der Waals surface area contributed by atoms with Gasteiger partial charge in [-0.05, 0) is 88.0 Å². The van der Waals surface area contributed by atoms with Gasteiger partial charge in [0, 0.05) is 74.6 Å². The van der Waals surface area contributed by atoms with Crippen molar-refractivity contribution in [3.8, 4) is 0 Å². The Hall–Kier alpha value is -10.9. The maximum absolute atomic E-state index is 13.6. The van der Waals surface area contributed by atoms with Crippen molar-refractivity contribution in [3.05, 3.63) is 357 Å². The average Bonchev–Trinajstić information content (AvgIpc) is 1.57. The molecule has 650 valence electrons. The van der Waals surface area contributed by atoms with Gasteiger partial charge in [-0.3, -0.25) is 38.4 Å². The molecule has 0 saturated heterocycles. The van der Waals surface area contributed by atoms with Crippen LogP contribution in [0.5, 0.6) is 0 Å². The van der Waals surface area contributed by atoms with E-state index in [0.717, 1.165) is 68.7 Å². The van der Waals surface area contributed by atoms with E-state index in [9.17, 15) is 38.4 Å². The SMILES string of the molecule is BrCCc1ccc2ccccc2c1.CCBr.CCCCCCCCCCC[n+]1cn(CCc2ccc3ccccc3c2)c2c1C(=O)c1ccccc1C2=O.CCCCCCCCCCC[n+]1cn(CCc2ccc3ccccc3c2)c2c1C(=O)c1ccccc1C2=O.CCn1cnc2c1C(=O)c1ccccc1C2=O.O=C1c2ccccc2C(=O)c2[nH]cnc21.[Br-].[Br-]. The molecule has 0 fully saturated rings. The van der Waals surface area contributed by atoms with Gasteiger partial charge in [0.2, 0.25) is 81.7 Å². The maximum atomic E-state index is 13.6. The number of carbonyl (C=O) groups is 8. The summed E-state index contributed by atoms with van der Waals surface area (Å²) < 4.78 is 9.86. The summed E-state index contributed by atoms with van der Waals surface area (Å²) in [7, 11) is 0. The van der Waals surface area contributed by atoms with Crippen LogP contribution in [0.15, 0.2) is 250 Å². The second-order valence-electron chi connectivity index (χ2n) is 32.0. The molecular weight excluding hydrogens is 1830 g/mol. The van der Waals surface area contributed by atoms with Gasteiger partial charge in [-0.1, -0.05) is 367 Å². The number of nitrogens with zero attached hydrogens (tertiary/aromatic N) is 7. The highest BCUT2D eigenvalue weighted by Crippen LogP contribution is 2.32. The number of aromatic nitrogens is 8. The van der Waals surface area contributed by atoms with E-state index in [2.05, 4.69) is 188 Å². The largest absolute Gasteiger partial charge is 1.00 e. The third-order valence-electron chi connectivity index (χ3n) is 23.5. The summed E-state index contributed by atoms with van der Waals surface area (Å²) in [6, 6.07) is 73.1. The molecule has 1 N–H and O–H groups in total. The van der Waals surface area contributed by atoms with Crippen molar-refractivity contribution in [2.24, 2.45) is 0 Å². The second-order valence-corrected chi connectivity index (χ2v) is 33.9. The van der Waals surface area contributed by atoms with Crippen LogP contribution in [0.2, 0.25) is 0 Å². The first-order valence-electron chi connectivity index (χ1n) is 44.3. The molecular formula is C106H110Br4N8O8. The van der Waals surface area contributed by atoms with E-state index in [4.69, 9.17) is 0 Å². The van der Waals surface area contributed by atoms with Crippen LogP contribution in [0.3, 0.4) is 0 Å². The minimum absolute atomic E-state index is 0. The number of ketones is 8. The number of halogens is 4. The Balaban J connectivity index is 0.000000161. The molecule has 0 unspecified atom stereocenters. The van der Waals surface area contributed by atoms with Crippen LogP contribution in [0, 0.1) is 0 Å². The number of rotatable bonds is 29. The van der Waals surface area contributed by atoms with Crippen molar-refractivity contribution in [1.29, 1.82) is 0 Å². The number of H-pyrrole nitrogens is 1. The highest BCUT2D eigenvalue weighted by atomic mass is 79.9. The Morgan fingerprint density at radius 1 is 0.317 bits per heavy atom. The van der Waals surface area contributed by atoms with Gasteiger partial charge < -0.3 is 43.5 Å². The fourth-order valence-corrected chi connectivity index (χ4v) is 17.4. The number of benzene rings is 10. The van der Waals surface area contributed by atoms with Gasteiger partial charge in [-0.2, -0.15) is 0 Å². The lowest BCUT2D eigenvalue weighted by Gasteiger charge is -2.14. The van der Waals surface area contributed by atoms with Gasteiger partial charge in [0.05, 0.1) is 38.8 Å². The van der Waals surface area contributed by atoms with Crippen molar-refractivity contribution >= 4 is 110 Å². The summed E-state index contributed by atoms with van der Waals surface area (Å²) in [6.45, 7) is 11.9. The number of carbonyl (C=O) groups excluding carboxylic acids is 8. The molecule has 4 aliphatic rings. The molecule has 4 aliphatic carbocycles.